The van der Waals surface area contributed by atoms with Crippen LogP contribution in [0.3, 0.4) is 0 Å². The molecule has 0 radical (unpaired) electrons. The Labute approximate surface area is 423 Å². The second-order valence-electron chi connectivity index (χ2n) is 18.0. The van der Waals surface area contributed by atoms with Gasteiger partial charge in [-0.1, -0.05) is 0 Å². The summed E-state index contributed by atoms with van der Waals surface area (Å²) in [5, 5.41) is 49.1. The first-order valence-electron chi connectivity index (χ1n) is 23.7. The molecule has 0 aromatic heterocycles. The lowest BCUT2D eigenvalue weighted by Gasteiger charge is -2.26. The Bertz CT molecular complexity index is 2520. The molecule has 0 saturated heterocycles. The second-order valence-corrected chi connectivity index (χ2v) is 18.0. The maximum atomic E-state index is 14.1. The van der Waals surface area contributed by atoms with E-state index in [1.54, 1.807) is 0 Å². The van der Waals surface area contributed by atoms with E-state index < -0.39 is 71.7 Å². The molecule has 0 unspecified atom stereocenters. The lowest BCUT2D eigenvalue weighted by Crippen LogP contribution is -2.38. The van der Waals surface area contributed by atoms with Gasteiger partial charge < -0.3 is 70.1 Å². The fraction of sp³-hybridized carbons (Fsp3) is 0.385. The zero-order chi connectivity index (χ0) is 53.4. The van der Waals surface area contributed by atoms with E-state index in [-0.39, 0.29) is 124 Å². The van der Waals surface area contributed by atoms with Gasteiger partial charge in [0.2, 0.25) is 0 Å². The van der Waals surface area contributed by atoms with Crippen molar-refractivity contribution < 1.29 is 87.2 Å². The molecule has 1 aliphatic carbocycles. The molecule has 2 aliphatic heterocycles. The maximum absolute atomic E-state index is 14.1. The molecule has 392 valence electrons. The van der Waals surface area contributed by atoms with E-state index in [9.17, 15) is 58.8 Å². The summed E-state index contributed by atoms with van der Waals surface area (Å²) in [4.78, 5) is 104. The van der Waals surface area contributed by atoms with E-state index in [1.165, 1.54) is 76.2 Å². The molecule has 8 N–H and O–H groups in total. The van der Waals surface area contributed by atoms with Crippen LogP contribution < -0.4 is 40.2 Å². The van der Waals surface area contributed by atoms with Crippen molar-refractivity contribution in [1.82, 2.24) is 21.3 Å². The summed E-state index contributed by atoms with van der Waals surface area (Å²) in [6, 6.07) is 6.72. The number of nitrogens with one attached hydrogen (secondary N) is 4. The first-order chi connectivity index (χ1) is 35.3. The van der Waals surface area contributed by atoms with Crippen LogP contribution in [-0.4, -0.2) is 145 Å². The summed E-state index contributed by atoms with van der Waals surface area (Å²) >= 11 is 0. The molecule has 4 atom stereocenters. The van der Waals surface area contributed by atoms with Crippen molar-refractivity contribution in [3.05, 3.63) is 115 Å². The summed E-state index contributed by atoms with van der Waals surface area (Å²) in [6.45, 7) is 5.36. The minimum absolute atomic E-state index is 0.00556. The summed E-state index contributed by atoms with van der Waals surface area (Å²) in [7, 11) is 0. The molecule has 12 bridgehead atoms. The number of aliphatic carboxylic acids is 4. The topological polar surface area (TPSA) is 321 Å². The van der Waals surface area contributed by atoms with Crippen molar-refractivity contribution in [3.63, 3.8) is 0 Å². The van der Waals surface area contributed by atoms with Gasteiger partial charge in [0.1, 0.15) is 73.6 Å². The van der Waals surface area contributed by atoms with Gasteiger partial charge in [0.25, 0.3) is 23.6 Å². The van der Waals surface area contributed by atoms with Crippen LogP contribution in [0.15, 0.2) is 48.5 Å². The normalized spacial score (nSPS) is 15.9. The molecule has 0 saturated carbocycles. The van der Waals surface area contributed by atoms with Gasteiger partial charge in [0, 0.05) is 47.9 Å². The third-order valence-electron chi connectivity index (χ3n) is 12.3. The predicted molar refractivity (Wildman–Crippen MR) is 259 cm³/mol. The maximum Gasteiger partial charge on any atom is 0.325 e. The van der Waals surface area contributed by atoms with Gasteiger partial charge in [-0.05, 0) is 121 Å². The van der Waals surface area contributed by atoms with E-state index in [0.29, 0.717) is 44.5 Å². The number of ether oxygens (including phenoxy) is 6. The Morgan fingerprint density at radius 2 is 0.514 bits per heavy atom. The number of hydrogen-bond donors (Lipinski definition) is 8. The van der Waals surface area contributed by atoms with Crippen LogP contribution in [-0.2, 0) is 54.3 Å². The summed E-state index contributed by atoms with van der Waals surface area (Å²) in [5.41, 5.74) is 2.63. The average Bonchev–Trinajstić information content (AvgIpc) is 3.33. The lowest BCUT2D eigenvalue weighted by atomic mass is 9.88. The van der Waals surface area contributed by atoms with Crippen LogP contribution in [0.2, 0.25) is 0 Å². The Hall–Kier alpha value is -8.24. The molecule has 22 nitrogen and oxygen atoms in total. The molecule has 4 aromatic carbocycles. The van der Waals surface area contributed by atoms with Crippen LogP contribution in [0.1, 0.15) is 114 Å². The highest BCUT2D eigenvalue weighted by molar-refractivity contribution is 6.00. The van der Waals surface area contributed by atoms with Crippen molar-refractivity contribution in [2.75, 3.05) is 52.9 Å². The molecule has 7 rings (SSSR count). The highest BCUT2D eigenvalue weighted by atomic mass is 16.6. The molecular formula is C52H56N4O18. The molecule has 74 heavy (non-hydrogen) atoms. The fourth-order valence-corrected chi connectivity index (χ4v) is 8.54. The zero-order valence-electron chi connectivity index (χ0n) is 40.9. The van der Waals surface area contributed by atoms with E-state index in [0.717, 1.165) is 0 Å². The van der Waals surface area contributed by atoms with Crippen LogP contribution in [0.4, 0.5) is 0 Å². The van der Waals surface area contributed by atoms with Gasteiger partial charge in [-0.25, -0.2) is 0 Å². The number of carbonyl (C=O) groups excluding carboxylic acids is 4. The Balaban J connectivity index is 1.61. The first-order valence-corrected chi connectivity index (χ1v) is 23.7. The SMILES string of the molecule is C[C@H](NC(=O)c1cc2c3c(c1)Cc1cc(C(=O)N[C@@H](C)C(=O)O)cc4c1OCCOCCOc1c(cc(C(=O)N[C@@H](C)C(=O)O)cc1Cc1cc(C(=O)N[C@@H](C)C(=O)O)cc(c1OCCOCCO3)C2)C4)C(=O)O. The van der Waals surface area contributed by atoms with Gasteiger partial charge in [-0.3, -0.25) is 38.4 Å². The number of benzene rings is 4. The Morgan fingerprint density at radius 1 is 0.338 bits per heavy atom. The van der Waals surface area contributed by atoms with Crippen LogP contribution in [0, 0.1) is 0 Å². The standard InChI is InChI=1S/C52H56N4O18/c1-25(49(61)62)53-45(57)37-17-29-13-30-18-38(46(58)54-26(2)50(63)64)23-35-16-36-24-40(48(60)56-28(4)52(67)68)20-32-14-31-19-39(47(59)55-27(3)51(65)66)22-34(43(31)73-11-7-70-8-12-74-44(32)36)15-33(21-37)41(29)71-9-5-69-6-10-72-42(30)35/h17-28H,5-16H2,1-4H3,(H,53,57)(H,54,58)(H,55,59)(H,56,60)(H,61,62)(H,63,64)(H,65,66)(H,67,68)/t25-,26-,27-,28-/m0/s1. The third kappa shape index (κ3) is 12.9. The molecular weight excluding hydrogens is 969 g/mol. The molecule has 22 heteroatoms. The quantitative estimate of drug-likeness (QED) is 0.0891. The minimum atomic E-state index is -1.32. The van der Waals surface area contributed by atoms with Crippen LogP contribution in [0.5, 0.6) is 23.0 Å². The smallest absolute Gasteiger partial charge is 0.325 e. The second kappa shape index (κ2) is 23.5. The molecule has 0 spiro atoms. The van der Waals surface area contributed by atoms with Crippen molar-refractivity contribution in [2.45, 2.75) is 77.5 Å². The van der Waals surface area contributed by atoms with E-state index in [2.05, 4.69) is 21.3 Å². The highest BCUT2D eigenvalue weighted by Crippen LogP contribution is 2.41. The summed E-state index contributed by atoms with van der Waals surface area (Å²) in [5.74, 6) is -7.37. The van der Waals surface area contributed by atoms with Gasteiger partial charge in [0.05, 0.1) is 26.4 Å². The third-order valence-corrected chi connectivity index (χ3v) is 12.3. The minimum Gasteiger partial charge on any atom is -0.491 e. The lowest BCUT2D eigenvalue weighted by molar-refractivity contribution is -0.139. The van der Waals surface area contributed by atoms with Crippen molar-refractivity contribution in [3.8, 4) is 23.0 Å². The van der Waals surface area contributed by atoms with Crippen molar-refractivity contribution >= 4 is 47.5 Å². The Morgan fingerprint density at radius 3 is 0.676 bits per heavy atom. The van der Waals surface area contributed by atoms with Gasteiger partial charge in [0.15, 0.2) is 0 Å². The summed E-state index contributed by atoms with van der Waals surface area (Å²) < 4.78 is 38.0. The van der Waals surface area contributed by atoms with Gasteiger partial charge in [-0.2, -0.15) is 0 Å². The molecule has 2 heterocycles. The van der Waals surface area contributed by atoms with E-state index in [4.69, 9.17) is 28.4 Å². The number of amides is 4. The predicted octanol–water partition coefficient (Wildman–Crippen LogP) is 2.75. The largest absolute Gasteiger partial charge is 0.491 e. The van der Waals surface area contributed by atoms with Gasteiger partial charge >= 0.3 is 23.9 Å². The van der Waals surface area contributed by atoms with Gasteiger partial charge in [-0.15, -0.1) is 0 Å². The number of carbonyl (C=O) groups is 8. The number of hydrogen-bond acceptors (Lipinski definition) is 14. The van der Waals surface area contributed by atoms with E-state index >= 15 is 0 Å². The van der Waals surface area contributed by atoms with Crippen molar-refractivity contribution in [1.29, 1.82) is 0 Å². The molecule has 4 aromatic rings. The molecule has 0 fully saturated rings. The average molecular weight is 1030 g/mol. The Kier molecular flexibility index (Phi) is 17.0. The van der Waals surface area contributed by atoms with Crippen LogP contribution >= 0.6 is 0 Å². The number of carboxylic acids is 4. The first kappa shape index (κ1) is 53.6. The molecule has 4 amide bonds. The monoisotopic (exact) mass is 1020 g/mol. The van der Waals surface area contributed by atoms with Crippen molar-refractivity contribution in [2.24, 2.45) is 0 Å². The molecule has 3 aliphatic rings. The summed E-state index contributed by atoms with van der Waals surface area (Å²) in [6.07, 6.45) is -0.595. The van der Waals surface area contributed by atoms with E-state index in [1.807, 2.05) is 0 Å². The number of rotatable bonds is 12. The highest BCUT2D eigenvalue weighted by Gasteiger charge is 2.30. The number of carboxylic acid groups (broad SMARTS) is 4. The zero-order valence-corrected chi connectivity index (χ0v) is 40.9. The fourth-order valence-electron chi connectivity index (χ4n) is 8.54. The van der Waals surface area contributed by atoms with Crippen LogP contribution in [0.25, 0.3) is 0 Å².